The minimum Gasteiger partial charge on any atom is -0.303 e. The third-order valence-corrected chi connectivity index (χ3v) is 1.85. The molecule has 0 radical (unpaired) electrons. The highest BCUT2D eigenvalue weighted by atomic mass is 19.3. The lowest BCUT2D eigenvalue weighted by molar-refractivity contribution is -0.110. The lowest BCUT2D eigenvalue weighted by Gasteiger charge is -1.86. The Bertz CT molecular complexity index is 133. The van der Waals surface area contributed by atoms with Crippen LogP contribution in [0.4, 0.5) is 8.78 Å². The molecule has 9 heavy (non-hydrogen) atoms. The van der Waals surface area contributed by atoms with E-state index >= 15 is 0 Å². The third kappa shape index (κ3) is 0.749. The summed E-state index contributed by atoms with van der Waals surface area (Å²) < 4.78 is 24.5. The lowest BCUT2D eigenvalue weighted by atomic mass is 10.3. The van der Waals surface area contributed by atoms with E-state index in [4.69, 9.17) is 0 Å². The lowest BCUT2D eigenvalue weighted by Crippen LogP contribution is -1.94. The Morgan fingerprint density at radius 3 is 2.33 bits per heavy atom. The molecule has 0 heterocycles. The molecule has 1 nitrogen and oxygen atoms in total. The summed E-state index contributed by atoms with van der Waals surface area (Å²) >= 11 is 0. The van der Waals surface area contributed by atoms with Gasteiger partial charge in [0.25, 0.3) is 5.92 Å². The molecule has 2 unspecified atom stereocenters. The highest BCUT2D eigenvalue weighted by Gasteiger charge is 2.66. The normalized spacial score (nSPS) is 38.1. The number of rotatable bonds is 2. The molecule has 1 aliphatic carbocycles. The Balaban J connectivity index is 2.54. The Morgan fingerprint density at radius 2 is 2.22 bits per heavy atom. The first-order valence-corrected chi connectivity index (χ1v) is 2.97. The third-order valence-electron chi connectivity index (χ3n) is 1.85. The summed E-state index contributed by atoms with van der Waals surface area (Å²) in [5.41, 5.74) is 0. The Hall–Kier alpha value is -0.470. The number of halogens is 2. The van der Waals surface area contributed by atoms with Gasteiger partial charge in [-0.3, -0.25) is 0 Å². The Morgan fingerprint density at radius 1 is 1.67 bits per heavy atom. The minimum atomic E-state index is -2.68. The van der Waals surface area contributed by atoms with Gasteiger partial charge in [-0.2, -0.15) is 0 Å². The highest BCUT2D eigenvalue weighted by molar-refractivity contribution is 5.61. The van der Waals surface area contributed by atoms with Crippen LogP contribution in [0.25, 0.3) is 0 Å². The van der Waals surface area contributed by atoms with Gasteiger partial charge in [0, 0.05) is 5.92 Å². The van der Waals surface area contributed by atoms with Crippen molar-refractivity contribution in [2.45, 2.75) is 19.3 Å². The van der Waals surface area contributed by atoms with Crippen LogP contribution in [0.15, 0.2) is 0 Å². The van der Waals surface area contributed by atoms with Gasteiger partial charge in [0.15, 0.2) is 0 Å². The molecule has 1 fully saturated rings. The van der Waals surface area contributed by atoms with Gasteiger partial charge in [0.05, 0.1) is 5.92 Å². The molecule has 3 heteroatoms. The maximum atomic E-state index is 12.2. The quantitative estimate of drug-likeness (QED) is 0.523. The monoisotopic (exact) mass is 134 g/mol. The van der Waals surface area contributed by atoms with Crippen molar-refractivity contribution in [3.8, 4) is 0 Å². The zero-order valence-corrected chi connectivity index (χ0v) is 5.10. The molecule has 1 aliphatic rings. The van der Waals surface area contributed by atoms with Crippen molar-refractivity contribution in [3.63, 3.8) is 0 Å². The predicted molar refractivity (Wildman–Crippen MR) is 28.3 cm³/mol. The van der Waals surface area contributed by atoms with Crippen molar-refractivity contribution >= 4 is 6.29 Å². The van der Waals surface area contributed by atoms with Gasteiger partial charge >= 0.3 is 0 Å². The van der Waals surface area contributed by atoms with Crippen LogP contribution in [0.3, 0.4) is 0 Å². The summed E-state index contributed by atoms with van der Waals surface area (Å²) in [5.74, 6) is -4.34. The SMILES string of the molecule is CCC1C(C=O)C1(F)F. The number of alkyl halides is 2. The summed E-state index contributed by atoms with van der Waals surface area (Å²) in [6.45, 7) is 1.67. The summed E-state index contributed by atoms with van der Waals surface area (Å²) in [6, 6.07) is 0. The number of carbonyl (C=O) groups is 1. The van der Waals surface area contributed by atoms with Crippen LogP contribution in [0.5, 0.6) is 0 Å². The van der Waals surface area contributed by atoms with Gasteiger partial charge in [-0.25, -0.2) is 8.78 Å². The summed E-state index contributed by atoms with van der Waals surface area (Å²) in [4.78, 5) is 9.87. The first kappa shape index (κ1) is 6.65. The molecule has 52 valence electrons. The maximum Gasteiger partial charge on any atom is 0.261 e. The Kier molecular flexibility index (Phi) is 1.30. The first-order valence-electron chi connectivity index (χ1n) is 2.97. The fourth-order valence-corrected chi connectivity index (χ4v) is 1.13. The van der Waals surface area contributed by atoms with Crippen molar-refractivity contribution in [1.29, 1.82) is 0 Å². The molecule has 1 saturated carbocycles. The number of hydrogen-bond acceptors (Lipinski definition) is 1. The van der Waals surface area contributed by atoms with E-state index < -0.39 is 17.8 Å². The minimum absolute atomic E-state index is 0.355. The van der Waals surface area contributed by atoms with E-state index in [0.29, 0.717) is 12.7 Å². The van der Waals surface area contributed by atoms with Crippen LogP contribution in [-0.2, 0) is 4.79 Å². The topological polar surface area (TPSA) is 17.1 Å². The second-order valence-corrected chi connectivity index (χ2v) is 2.35. The van der Waals surface area contributed by atoms with Gasteiger partial charge in [-0.05, 0) is 6.42 Å². The van der Waals surface area contributed by atoms with Gasteiger partial charge < -0.3 is 4.79 Å². The number of carbonyl (C=O) groups excluding carboxylic acids is 1. The standard InChI is InChI=1S/C6H8F2O/c1-2-4-5(3-9)6(4,7)8/h3-5H,2H2,1H3. The van der Waals surface area contributed by atoms with Crippen LogP contribution >= 0.6 is 0 Å². The van der Waals surface area contributed by atoms with Crippen LogP contribution in [0, 0.1) is 11.8 Å². The van der Waals surface area contributed by atoms with Crippen LogP contribution in [0.1, 0.15) is 13.3 Å². The molecule has 0 aromatic rings. The predicted octanol–water partition coefficient (Wildman–Crippen LogP) is 1.48. The molecule has 2 atom stereocenters. The van der Waals surface area contributed by atoms with Crippen molar-refractivity contribution in [2.75, 3.05) is 0 Å². The molecule has 1 rings (SSSR count). The molecule has 0 N–H and O–H groups in total. The first-order chi connectivity index (χ1) is 4.14. The average molecular weight is 134 g/mol. The van der Waals surface area contributed by atoms with Crippen molar-refractivity contribution < 1.29 is 13.6 Å². The Labute approximate surface area is 52.1 Å². The van der Waals surface area contributed by atoms with Gasteiger partial charge in [-0.15, -0.1) is 0 Å². The van der Waals surface area contributed by atoms with Crippen LogP contribution in [-0.4, -0.2) is 12.2 Å². The van der Waals surface area contributed by atoms with Gasteiger partial charge in [-0.1, -0.05) is 6.92 Å². The fraction of sp³-hybridized carbons (Fsp3) is 0.833. The highest BCUT2D eigenvalue weighted by Crippen LogP contribution is 2.55. The second kappa shape index (κ2) is 1.75. The van der Waals surface area contributed by atoms with E-state index in [0.717, 1.165) is 0 Å². The van der Waals surface area contributed by atoms with Crippen molar-refractivity contribution in [2.24, 2.45) is 11.8 Å². The van der Waals surface area contributed by atoms with E-state index in [1.165, 1.54) is 0 Å². The number of aldehydes is 1. The van der Waals surface area contributed by atoms with Crippen molar-refractivity contribution in [3.05, 3.63) is 0 Å². The smallest absolute Gasteiger partial charge is 0.261 e. The summed E-state index contributed by atoms with van der Waals surface area (Å²) in [5, 5.41) is 0. The van der Waals surface area contributed by atoms with E-state index in [-0.39, 0.29) is 0 Å². The maximum absolute atomic E-state index is 12.2. The zero-order chi connectivity index (χ0) is 7.07. The molecule has 0 amide bonds. The van der Waals surface area contributed by atoms with Gasteiger partial charge in [0.2, 0.25) is 0 Å². The fourth-order valence-electron chi connectivity index (χ4n) is 1.13. The average Bonchev–Trinajstić information content (AvgIpc) is 2.32. The van der Waals surface area contributed by atoms with Crippen molar-refractivity contribution in [1.82, 2.24) is 0 Å². The molecular weight excluding hydrogens is 126 g/mol. The molecule has 0 aromatic heterocycles. The van der Waals surface area contributed by atoms with Crippen LogP contribution < -0.4 is 0 Å². The molecular formula is C6H8F2O. The number of hydrogen-bond donors (Lipinski definition) is 0. The molecule has 0 bridgehead atoms. The summed E-state index contributed by atoms with van der Waals surface area (Å²) in [6.07, 6.45) is 0.755. The van der Waals surface area contributed by atoms with E-state index in [2.05, 4.69) is 0 Å². The largest absolute Gasteiger partial charge is 0.303 e. The summed E-state index contributed by atoms with van der Waals surface area (Å²) in [7, 11) is 0. The van der Waals surface area contributed by atoms with Gasteiger partial charge in [0.1, 0.15) is 6.29 Å². The molecule has 0 aliphatic heterocycles. The second-order valence-electron chi connectivity index (χ2n) is 2.35. The molecule has 0 spiro atoms. The van der Waals surface area contributed by atoms with E-state index in [9.17, 15) is 13.6 Å². The van der Waals surface area contributed by atoms with E-state index in [1.54, 1.807) is 6.92 Å². The zero-order valence-electron chi connectivity index (χ0n) is 5.10. The molecule has 0 saturated heterocycles. The molecule has 0 aromatic carbocycles. The van der Waals surface area contributed by atoms with E-state index in [1.807, 2.05) is 0 Å². The van der Waals surface area contributed by atoms with Crippen LogP contribution in [0.2, 0.25) is 0 Å².